The van der Waals surface area contributed by atoms with Crippen LogP contribution in [0.5, 0.6) is 0 Å². The number of benzene rings is 1. The van der Waals surface area contributed by atoms with Crippen LogP contribution in [0.1, 0.15) is 29.6 Å². The van der Waals surface area contributed by atoms with Crippen molar-refractivity contribution in [3.8, 4) is 0 Å². The number of esters is 1. The van der Waals surface area contributed by atoms with Gasteiger partial charge in [-0.2, -0.15) is 0 Å². The van der Waals surface area contributed by atoms with Crippen LogP contribution in [0.25, 0.3) is 6.08 Å². The van der Waals surface area contributed by atoms with Crippen molar-refractivity contribution < 1.29 is 28.6 Å². The summed E-state index contributed by atoms with van der Waals surface area (Å²) >= 11 is 0. The number of carbonyl (C=O) groups excluding carboxylic acids is 3. The van der Waals surface area contributed by atoms with Gasteiger partial charge in [0.25, 0.3) is 0 Å². The van der Waals surface area contributed by atoms with Crippen molar-refractivity contribution in [2.24, 2.45) is 4.99 Å². The van der Waals surface area contributed by atoms with E-state index >= 15 is 0 Å². The van der Waals surface area contributed by atoms with Gasteiger partial charge in [0.2, 0.25) is 0 Å². The largest absolute Gasteiger partial charge is 0.505 e. The number of hydrogen-bond donors (Lipinski definition) is 3. The molecule has 0 fully saturated rings. The third-order valence-electron chi connectivity index (χ3n) is 4.59. The highest BCUT2D eigenvalue weighted by Crippen LogP contribution is 2.26. The van der Waals surface area contributed by atoms with Crippen LogP contribution in [-0.2, 0) is 25.7 Å². The lowest BCUT2D eigenvalue weighted by molar-refractivity contribution is -0.136. The summed E-state index contributed by atoms with van der Waals surface area (Å²) < 4.78 is 10.2. The Hall–Kier alpha value is -4.14. The van der Waals surface area contributed by atoms with E-state index in [9.17, 15) is 19.5 Å². The maximum Gasteiger partial charge on any atom is 0.343 e. The van der Waals surface area contributed by atoms with Gasteiger partial charge in [0, 0.05) is 11.8 Å². The predicted molar refractivity (Wildman–Crippen MR) is 118 cm³/mol. The smallest absolute Gasteiger partial charge is 0.343 e. The van der Waals surface area contributed by atoms with Gasteiger partial charge in [0.15, 0.2) is 5.76 Å². The summed E-state index contributed by atoms with van der Waals surface area (Å²) in [6.45, 7) is 5.36. The van der Waals surface area contributed by atoms with Gasteiger partial charge >= 0.3 is 17.8 Å². The average molecular weight is 437 g/mol. The highest BCUT2D eigenvalue weighted by atomic mass is 16.5. The first-order valence-corrected chi connectivity index (χ1v) is 9.73. The molecule has 0 saturated carbocycles. The molecule has 32 heavy (non-hydrogen) atoms. The molecule has 0 radical (unpaired) electrons. The molecule has 0 bridgehead atoms. The van der Waals surface area contributed by atoms with E-state index in [0.29, 0.717) is 22.9 Å². The number of anilines is 1. The number of rotatable bonds is 5. The molecule has 0 spiro atoms. The van der Waals surface area contributed by atoms with Crippen molar-refractivity contribution in [3.63, 3.8) is 0 Å². The molecule has 2 heterocycles. The Bertz CT molecular complexity index is 1170. The summed E-state index contributed by atoms with van der Waals surface area (Å²) in [5.41, 5.74) is 2.96. The second-order valence-electron chi connectivity index (χ2n) is 7.26. The molecule has 1 aliphatic heterocycles. The van der Waals surface area contributed by atoms with Gasteiger partial charge in [-0.05, 0) is 56.2 Å². The number of ether oxygens (including phenoxy) is 1. The van der Waals surface area contributed by atoms with E-state index < -0.39 is 17.8 Å². The summed E-state index contributed by atoms with van der Waals surface area (Å²) in [6.07, 6.45) is 1.45. The zero-order chi connectivity index (χ0) is 23.4. The van der Waals surface area contributed by atoms with E-state index in [4.69, 9.17) is 4.42 Å². The lowest BCUT2D eigenvalue weighted by Crippen LogP contribution is -2.34. The quantitative estimate of drug-likeness (QED) is 0.487. The number of nitrogens with one attached hydrogen (secondary N) is 2. The van der Waals surface area contributed by atoms with E-state index in [0.717, 1.165) is 11.1 Å². The van der Waals surface area contributed by atoms with Crippen LogP contribution in [0.3, 0.4) is 0 Å². The van der Waals surface area contributed by atoms with Crippen molar-refractivity contribution in [1.82, 2.24) is 5.32 Å². The normalized spacial score (nSPS) is 14.4. The number of methoxy groups -OCH3 is 1. The maximum absolute atomic E-state index is 12.1. The number of aliphatic hydroxyl groups excluding tert-OH is 1. The molecule has 1 aliphatic rings. The van der Waals surface area contributed by atoms with Gasteiger partial charge in [0.05, 0.1) is 19.4 Å². The molecule has 9 nitrogen and oxygen atoms in total. The van der Waals surface area contributed by atoms with Gasteiger partial charge in [-0.15, -0.1) is 0 Å². The first-order valence-electron chi connectivity index (χ1n) is 9.73. The zero-order valence-electron chi connectivity index (χ0n) is 18.1. The lowest BCUT2D eigenvalue weighted by atomic mass is 10.1. The number of hydrogen-bond acceptors (Lipinski definition) is 7. The van der Waals surface area contributed by atoms with Crippen molar-refractivity contribution in [1.29, 1.82) is 0 Å². The molecule has 1 aromatic heterocycles. The number of furan rings is 1. The van der Waals surface area contributed by atoms with Gasteiger partial charge in [-0.1, -0.05) is 6.07 Å². The third-order valence-corrected chi connectivity index (χ3v) is 4.59. The summed E-state index contributed by atoms with van der Waals surface area (Å²) in [7, 11) is 1.22. The minimum Gasteiger partial charge on any atom is -0.505 e. The first-order chi connectivity index (χ1) is 15.2. The number of aryl methyl sites for hydroxylation is 2. The number of carbonyl (C=O) groups is 3. The predicted octanol–water partition coefficient (Wildman–Crippen LogP) is 2.95. The van der Waals surface area contributed by atoms with Crippen molar-refractivity contribution in [2.45, 2.75) is 27.3 Å². The summed E-state index contributed by atoms with van der Waals surface area (Å²) in [6, 6.07) is 8.73. The van der Waals surface area contributed by atoms with Crippen LogP contribution in [0.4, 0.5) is 5.69 Å². The van der Waals surface area contributed by atoms with Gasteiger partial charge in [-0.25, -0.2) is 9.79 Å². The molecule has 0 aliphatic carbocycles. The molecule has 2 amide bonds. The molecule has 2 aromatic rings. The topological polar surface area (TPSA) is 130 Å². The van der Waals surface area contributed by atoms with Crippen LogP contribution in [0.2, 0.25) is 0 Å². The zero-order valence-corrected chi connectivity index (χ0v) is 18.1. The fourth-order valence-electron chi connectivity index (χ4n) is 3.22. The summed E-state index contributed by atoms with van der Waals surface area (Å²) in [4.78, 5) is 40.1. The highest BCUT2D eigenvalue weighted by Gasteiger charge is 2.27. The van der Waals surface area contributed by atoms with Gasteiger partial charge in [-0.3, -0.25) is 9.59 Å². The molecule has 3 rings (SSSR count). The average Bonchev–Trinajstić information content (AvgIpc) is 3.28. The Morgan fingerprint density at radius 1 is 1.09 bits per heavy atom. The first kappa shape index (κ1) is 22.5. The molecule has 0 atom stereocenters. The molecule has 1 aromatic carbocycles. The molecule has 9 heteroatoms. The molecular formula is C23H23N3O6. The highest BCUT2D eigenvalue weighted by molar-refractivity contribution is 6.39. The summed E-state index contributed by atoms with van der Waals surface area (Å²) in [5, 5.41) is 15.3. The number of aliphatic imine (C=N–C) groups is 1. The van der Waals surface area contributed by atoms with Gasteiger partial charge in [0.1, 0.15) is 22.8 Å². The molecule has 166 valence electrons. The van der Waals surface area contributed by atoms with Crippen LogP contribution < -0.4 is 10.6 Å². The molecule has 0 saturated heterocycles. The SMILES string of the molecule is COC(=O)C1=C(O)/C(=C\c2ccc(CNC(=O)C(=O)Nc3cc(C)cc(C)c3)o2)N=C1C. The van der Waals surface area contributed by atoms with E-state index in [1.165, 1.54) is 13.2 Å². The van der Waals surface area contributed by atoms with Crippen LogP contribution in [0.15, 0.2) is 56.8 Å². The van der Waals surface area contributed by atoms with Gasteiger partial charge < -0.3 is 24.9 Å². The minimum atomic E-state index is -0.806. The Balaban J connectivity index is 1.61. The minimum absolute atomic E-state index is 0.00684. The van der Waals surface area contributed by atoms with Crippen LogP contribution in [-0.4, -0.2) is 35.7 Å². The Morgan fingerprint density at radius 3 is 2.44 bits per heavy atom. The monoisotopic (exact) mass is 437 g/mol. The second-order valence-corrected chi connectivity index (χ2v) is 7.26. The fourth-order valence-corrected chi connectivity index (χ4v) is 3.22. The number of nitrogens with zero attached hydrogens (tertiary/aromatic N) is 1. The Morgan fingerprint density at radius 2 is 1.78 bits per heavy atom. The fraction of sp³-hybridized carbons (Fsp3) is 0.217. The molecule has 3 N–H and O–H groups in total. The van der Waals surface area contributed by atoms with E-state index in [-0.39, 0.29) is 23.6 Å². The van der Waals surface area contributed by atoms with Crippen molar-refractivity contribution >= 4 is 35.3 Å². The number of amides is 2. The van der Waals surface area contributed by atoms with E-state index in [2.05, 4.69) is 20.4 Å². The molecular weight excluding hydrogens is 414 g/mol. The van der Waals surface area contributed by atoms with Crippen molar-refractivity contribution in [2.75, 3.05) is 12.4 Å². The summed E-state index contributed by atoms with van der Waals surface area (Å²) in [5.74, 6) is -1.85. The lowest BCUT2D eigenvalue weighted by Gasteiger charge is -2.07. The standard InChI is InChI=1S/C23H23N3O6/c1-12-7-13(2)9-15(8-12)26-22(29)21(28)24-11-17-6-5-16(32-17)10-18-20(27)19(14(3)25-18)23(30)31-4/h5-10,27H,11H2,1-4H3,(H,24,28)(H,26,29)/b18-10+. The number of aliphatic hydroxyl groups is 1. The van der Waals surface area contributed by atoms with Crippen LogP contribution in [0, 0.1) is 13.8 Å². The van der Waals surface area contributed by atoms with Crippen molar-refractivity contribution in [3.05, 3.63) is 70.0 Å². The van der Waals surface area contributed by atoms with E-state index in [1.54, 1.807) is 31.2 Å². The van der Waals surface area contributed by atoms with E-state index in [1.807, 2.05) is 19.9 Å². The Labute approximate surface area is 184 Å². The third kappa shape index (κ3) is 5.12. The second kappa shape index (κ2) is 9.34. The van der Waals surface area contributed by atoms with Crippen LogP contribution >= 0.6 is 0 Å². The maximum atomic E-state index is 12.1. The Kier molecular flexibility index (Phi) is 6.58. The molecule has 0 unspecified atom stereocenters.